The van der Waals surface area contributed by atoms with Crippen molar-refractivity contribution in [3.05, 3.63) is 35.9 Å². The molecule has 2 N–H and O–H groups in total. The van der Waals surface area contributed by atoms with E-state index >= 15 is 0 Å². The lowest BCUT2D eigenvalue weighted by Crippen LogP contribution is -2.31. The molecule has 0 spiro atoms. The summed E-state index contributed by atoms with van der Waals surface area (Å²) in [6.45, 7) is 6.66. The molecule has 0 atom stereocenters. The highest BCUT2D eigenvalue weighted by Gasteiger charge is 2.15. The molecule has 2 amide bonds. The largest absolute Gasteiger partial charge is 0.458 e. The minimum Gasteiger partial charge on any atom is -0.458 e. The number of carbonyl (C=O) groups is 3. The second-order valence-electron chi connectivity index (χ2n) is 7.34. The van der Waals surface area contributed by atoms with E-state index in [1.165, 1.54) is 0 Å². The summed E-state index contributed by atoms with van der Waals surface area (Å²) in [5, 5.41) is 5.23. The lowest BCUT2D eigenvalue weighted by Gasteiger charge is -2.19. The van der Waals surface area contributed by atoms with Crippen LogP contribution in [-0.4, -0.2) is 63.1 Å². The average molecular weight is 424 g/mol. The minimum absolute atomic E-state index is 0.156. The third-order valence-corrected chi connectivity index (χ3v) is 3.41. The first-order valence-electron chi connectivity index (χ1n) is 9.85. The van der Waals surface area contributed by atoms with Crippen molar-refractivity contribution in [1.29, 1.82) is 0 Å². The van der Waals surface area contributed by atoms with Crippen molar-refractivity contribution >= 4 is 18.0 Å². The Bertz CT molecular complexity index is 645. The van der Waals surface area contributed by atoms with Gasteiger partial charge < -0.3 is 29.6 Å². The monoisotopic (exact) mass is 424 g/mol. The topological polar surface area (TPSA) is 112 Å². The van der Waals surface area contributed by atoms with Crippen LogP contribution in [0.4, 0.5) is 4.79 Å². The smallest absolute Gasteiger partial charge is 0.407 e. The maximum atomic E-state index is 11.7. The predicted molar refractivity (Wildman–Crippen MR) is 110 cm³/mol. The lowest BCUT2D eigenvalue weighted by molar-refractivity contribution is -0.160. The summed E-state index contributed by atoms with van der Waals surface area (Å²) in [4.78, 5) is 34.6. The molecular formula is C21H32N2O7. The normalized spacial score (nSPS) is 10.9. The molecule has 0 saturated carbocycles. The SMILES string of the molecule is CC(C)(C)OC(=O)COCCNC(=O)CCOCCNC(=O)OCc1ccccc1. The maximum Gasteiger partial charge on any atom is 0.407 e. The van der Waals surface area contributed by atoms with E-state index in [0.29, 0.717) is 0 Å². The molecule has 0 aromatic heterocycles. The van der Waals surface area contributed by atoms with Gasteiger partial charge in [-0.1, -0.05) is 30.3 Å². The predicted octanol–water partition coefficient (Wildman–Crippen LogP) is 1.79. The molecule has 9 nitrogen and oxygen atoms in total. The van der Waals surface area contributed by atoms with E-state index in [9.17, 15) is 14.4 Å². The van der Waals surface area contributed by atoms with Gasteiger partial charge in [0.05, 0.1) is 19.8 Å². The van der Waals surface area contributed by atoms with Gasteiger partial charge in [0, 0.05) is 19.5 Å². The second-order valence-corrected chi connectivity index (χ2v) is 7.34. The van der Waals surface area contributed by atoms with Crippen LogP contribution in [0.3, 0.4) is 0 Å². The van der Waals surface area contributed by atoms with Crippen LogP contribution in [0, 0.1) is 0 Å². The molecule has 0 unspecified atom stereocenters. The van der Waals surface area contributed by atoms with Crippen molar-refractivity contribution in [2.75, 3.05) is 39.5 Å². The zero-order chi connectivity index (χ0) is 22.2. The van der Waals surface area contributed by atoms with Crippen LogP contribution < -0.4 is 10.6 Å². The van der Waals surface area contributed by atoms with Gasteiger partial charge in [-0.15, -0.1) is 0 Å². The number of ether oxygens (including phenoxy) is 4. The van der Waals surface area contributed by atoms with Crippen LogP contribution in [0.5, 0.6) is 0 Å². The molecule has 0 heterocycles. The van der Waals surface area contributed by atoms with Crippen molar-refractivity contribution in [3.63, 3.8) is 0 Å². The van der Waals surface area contributed by atoms with E-state index in [1.54, 1.807) is 20.8 Å². The van der Waals surface area contributed by atoms with Crippen LogP contribution in [0.2, 0.25) is 0 Å². The summed E-state index contributed by atoms with van der Waals surface area (Å²) in [6.07, 6.45) is -0.337. The Morgan fingerprint density at radius 1 is 0.900 bits per heavy atom. The molecule has 0 radical (unpaired) electrons. The van der Waals surface area contributed by atoms with E-state index in [2.05, 4.69) is 10.6 Å². The van der Waals surface area contributed by atoms with E-state index in [0.717, 1.165) is 5.56 Å². The molecule has 0 aliphatic carbocycles. The first-order valence-corrected chi connectivity index (χ1v) is 9.85. The molecule has 0 aliphatic rings. The highest BCUT2D eigenvalue weighted by molar-refractivity contribution is 5.75. The standard InChI is InChI=1S/C21H32N2O7/c1-21(2,3)30-19(25)16-28-14-10-22-18(24)9-12-27-13-11-23-20(26)29-15-17-7-5-4-6-8-17/h4-8H,9-16H2,1-3H3,(H,22,24)(H,23,26). The Morgan fingerprint density at radius 3 is 2.27 bits per heavy atom. The van der Waals surface area contributed by atoms with Crippen molar-refractivity contribution in [2.24, 2.45) is 0 Å². The fourth-order valence-electron chi connectivity index (χ4n) is 2.14. The summed E-state index contributed by atoms with van der Waals surface area (Å²) >= 11 is 0. The van der Waals surface area contributed by atoms with Gasteiger partial charge in [0.15, 0.2) is 0 Å². The van der Waals surface area contributed by atoms with Gasteiger partial charge in [-0.3, -0.25) is 4.79 Å². The van der Waals surface area contributed by atoms with Gasteiger partial charge in [0.1, 0.15) is 18.8 Å². The number of benzene rings is 1. The van der Waals surface area contributed by atoms with E-state index in [-0.39, 0.29) is 58.5 Å². The Labute approximate surface area is 177 Å². The first kappa shape index (κ1) is 25.4. The number of esters is 1. The van der Waals surface area contributed by atoms with Crippen LogP contribution in [0.15, 0.2) is 30.3 Å². The second kappa shape index (κ2) is 14.4. The molecule has 30 heavy (non-hydrogen) atoms. The Kier molecular flexibility index (Phi) is 12.1. The van der Waals surface area contributed by atoms with Gasteiger partial charge in [0.25, 0.3) is 0 Å². The van der Waals surface area contributed by atoms with E-state index < -0.39 is 17.7 Å². The number of hydrogen-bond donors (Lipinski definition) is 2. The highest BCUT2D eigenvalue weighted by atomic mass is 16.6. The molecule has 1 aromatic rings. The van der Waals surface area contributed by atoms with Crippen molar-refractivity contribution in [1.82, 2.24) is 10.6 Å². The van der Waals surface area contributed by atoms with Gasteiger partial charge in [-0.05, 0) is 26.3 Å². The van der Waals surface area contributed by atoms with Crippen LogP contribution >= 0.6 is 0 Å². The molecule has 168 valence electrons. The molecule has 9 heteroatoms. The molecule has 0 bridgehead atoms. The Hall–Kier alpha value is -2.65. The first-order chi connectivity index (χ1) is 14.3. The summed E-state index contributed by atoms with van der Waals surface area (Å²) in [6, 6.07) is 9.38. The third-order valence-electron chi connectivity index (χ3n) is 3.41. The van der Waals surface area contributed by atoms with E-state index in [1.807, 2.05) is 30.3 Å². The Morgan fingerprint density at radius 2 is 1.57 bits per heavy atom. The molecule has 0 aliphatic heterocycles. The van der Waals surface area contributed by atoms with Gasteiger partial charge >= 0.3 is 12.1 Å². The Balaban J connectivity index is 1.92. The van der Waals surface area contributed by atoms with Gasteiger partial charge in [0.2, 0.25) is 5.91 Å². The zero-order valence-corrected chi connectivity index (χ0v) is 17.9. The maximum absolute atomic E-state index is 11.7. The number of carbonyl (C=O) groups excluding carboxylic acids is 3. The highest BCUT2D eigenvalue weighted by Crippen LogP contribution is 2.06. The molecule has 1 aromatic carbocycles. The summed E-state index contributed by atoms with van der Waals surface area (Å²) in [5.74, 6) is -0.633. The van der Waals surface area contributed by atoms with Crippen LogP contribution in [-0.2, 0) is 35.1 Å². The van der Waals surface area contributed by atoms with Crippen molar-refractivity contribution in [2.45, 2.75) is 39.4 Å². The lowest BCUT2D eigenvalue weighted by atomic mass is 10.2. The summed E-state index contributed by atoms with van der Waals surface area (Å²) in [5.41, 5.74) is 0.359. The number of amides is 2. The van der Waals surface area contributed by atoms with Crippen LogP contribution in [0.1, 0.15) is 32.8 Å². The average Bonchev–Trinajstić information content (AvgIpc) is 2.68. The van der Waals surface area contributed by atoms with Crippen LogP contribution in [0.25, 0.3) is 0 Å². The fraction of sp³-hybridized carbons (Fsp3) is 0.571. The number of nitrogens with one attached hydrogen (secondary N) is 2. The molecule has 1 rings (SSSR count). The van der Waals surface area contributed by atoms with E-state index in [4.69, 9.17) is 18.9 Å². The van der Waals surface area contributed by atoms with Crippen molar-refractivity contribution in [3.8, 4) is 0 Å². The molecular weight excluding hydrogens is 392 g/mol. The molecule has 0 saturated heterocycles. The number of rotatable bonds is 13. The molecule has 0 fully saturated rings. The number of hydrogen-bond acceptors (Lipinski definition) is 7. The summed E-state index contributed by atoms with van der Waals surface area (Å²) in [7, 11) is 0. The fourth-order valence-corrected chi connectivity index (χ4v) is 2.14. The van der Waals surface area contributed by atoms with Crippen molar-refractivity contribution < 1.29 is 33.3 Å². The zero-order valence-electron chi connectivity index (χ0n) is 17.9. The third kappa shape index (κ3) is 14.4. The van der Waals surface area contributed by atoms with Gasteiger partial charge in [-0.25, -0.2) is 9.59 Å². The minimum atomic E-state index is -0.549. The quantitative estimate of drug-likeness (QED) is 0.367. The van der Waals surface area contributed by atoms with Gasteiger partial charge in [-0.2, -0.15) is 0 Å². The summed E-state index contributed by atoms with van der Waals surface area (Å²) < 4.78 is 20.6. The number of alkyl carbamates (subject to hydrolysis) is 1.